The van der Waals surface area contributed by atoms with E-state index in [0.717, 1.165) is 0 Å². The lowest BCUT2D eigenvalue weighted by Crippen LogP contribution is -2.23. The van der Waals surface area contributed by atoms with Crippen LogP contribution in [0, 0.1) is 21.4 Å². The highest BCUT2D eigenvalue weighted by molar-refractivity contribution is 5.21. The van der Waals surface area contributed by atoms with Crippen molar-refractivity contribution in [1.82, 2.24) is 0 Å². The van der Waals surface area contributed by atoms with E-state index in [2.05, 4.69) is 0 Å². The molecular formula is C8H6N2O3. The second-order valence-corrected chi connectivity index (χ2v) is 2.20. The monoisotopic (exact) mass is 178 g/mol. The summed E-state index contributed by atoms with van der Waals surface area (Å²) in [5.74, 6) is 0.311. The van der Waals surface area contributed by atoms with Gasteiger partial charge in [-0.05, 0) is 12.1 Å². The standard InChI is InChI=1S/C8H6N2O3/c9-6-8(10(11)12)13-7-4-2-1-3-5-7/h1-5,8H. The van der Waals surface area contributed by atoms with Crippen molar-refractivity contribution in [2.24, 2.45) is 0 Å². The van der Waals surface area contributed by atoms with Crippen LogP contribution in [0.15, 0.2) is 30.3 Å². The lowest BCUT2D eigenvalue weighted by molar-refractivity contribution is -0.545. The van der Waals surface area contributed by atoms with Gasteiger partial charge >= 0.3 is 6.23 Å². The first kappa shape index (κ1) is 9.00. The van der Waals surface area contributed by atoms with Gasteiger partial charge in [-0.15, -0.1) is 0 Å². The van der Waals surface area contributed by atoms with Gasteiger partial charge in [0.1, 0.15) is 5.75 Å². The van der Waals surface area contributed by atoms with Crippen molar-refractivity contribution in [3.05, 3.63) is 40.4 Å². The molecule has 0 heterocycles. The van der Waals surface area contributed by atoms with E-state index in [1.807, 2.05) is 0 Å². The molecule has 1 atom stereocenters. The van der Waals surface area contributed by atoms with E-state index in [-0.39, 0.29) is 0 Å². The minimum absolute atomic E-state index is 0.311. The normalized spacial score (nSPS) is 11.3. The van der Waals surface area contributed by atoms with Gasteiger partial charge in [-0.25, -0.2) is 0 Å². The second-order valence-electron chi connectivity index (χ2n) is 2.20. The highest BCUT2D eigenvalue weighted by atomic mass is 16.7. The van der Waals surface area contributed by atoms with Crippen molar-refractivity contribution >= 4 is 0 Å². The molecule has 5 heteroatoms. The van der Waals surface area contributed by atoms with Gasteiger partial charge < -0.3 is 4.74 Å². The van der Waals surface area contributed by atoms with Crippen LogP contribution >= 0.6 is 0 Å². The maximum absolute atomic E-state index is 10.2. The lowest BCUT2D eigenvalue weighted by atomic mass is 10.3. The van der Waals surface area contributed by atoms with E-state index in [1.165, 1.54) is 6.07 Å². The van der Waals surface area contributed by atoms with Crippen molar-refractivity contribution in [1.29, 1.82) is 5.26 Å². The summed E-state index contributed by atoms with van der Waals surface area (Å²) < 4.78 is 4.76. The predicted molar refractivity (Wildman–Crippen MR) is 43.5 cm³/mol. The molecule has 0 bridgehead atoms. The SMILES string of the molecule is N#CC(Oc1ccccc1)[N+](=O)[O-]. The molecule has 0 aliphatic rings. The number of ether oxygens (including phenoxy) is 1. The van der Waals surface area contributed by atoms with Gasteiger partial charge in [-0.2, -0.15) is 5.26 Å². The molecule has 0 amide bonds. The van der Waals surface area contributed by atoms with E-state index in [4.69, 9.17) is 10.00 Å². The third-order valence-corrected chi connectivity index (χ3v) is 1.29. The number of nitro groups is 1. The first-order chi connectivity index (χ1) is 6.24. The molecule has 0 aliphatic carbocycles. The number of benzene rings is 1. The van der Waals surface area contributed by atoms with Crippen molar-refractivity contribution in [3.63, 3.8) is 0 Å². The van der Waals surface area contributed by atoms with Gasteiger partial charge in [-0.3, -0.25) is 10.1 Å². The Hall–Kier alpha value is -2.09. The van der Waals surface area contributed by atoms with E-state index in [1.54, 1.807) is 30.3 Å². The minimum atomic E-state index is -1.64. The molecule has 5 nitrogen and oxygen atoms in total. The molecule has 0 N–H and O–H groups in total. The Morgan fingerprint density at radius 2 is 2.08 bits per heavy atom. The summed E-state index contributed by atoms with van der Waals surface area (Å²) in [6.07, 6.45) is -1.64. The van der Waals surface area contributed by atoms with Crippen molar-refractivity contribution < 1.29 is 9.66 Å². The van der Waals surface area contributed by atoms with Gasteiger partial charge in [-0.1, -0.05) is 18.2 Å². The van der Waals surface area contributed by atoms with E-state index in [9.17, 15) is 10.1 Å². The summed E-state index contributed by atoms with van der Waals surface area (Å²) in [5.41, 5.74) is 0. The fourth-order valence-corrected chi connectivity index (χ4v) is 0.744. The quantitative estimate of drug-likeness (QED) is 0.395. The van der Waals surface area contributed by atoms with Crippen LogP contribution in [0.2, 0.25) is 0 Å². The third kappa shape index (κ3) is 2.45. The number of rotatable bonds is 3. The zero-order valence-electron chi connectivity index (χ0n) is 6.58. The summed E-state index contributed by atoms with van der Waals surface area (Å²) in [6.45, 7) is 0. The molecule has 0 spiro atoms. The molecule has 0 fully saturated rings. The molecule has 1 rings (SSSR count). The van der Waals surface area contributed by atoms with Crippen LogP contribution in [0.5, 0.6) is 5.75 Å². The van der Waals surface area contributed by atoms with Crippen LogP contribution < -0.4 is 4.74 Å². The van der Waals surface area contributed by atoms with E-state index >= 15 is 0 Å². The lowest BCUT2D eigenvalue weighted by Gasteiger charge is -2.03. The number of hydrogen-bond donors (Lipinski definition) is 0. The summed E-state index contributed by atoms with van der Waals surface area (Å²) >= 11 is 0. The third-order valence-electron chi connectivity index (χ3n) is 1.29. The summed E-state index contributed by atoms with van der Waals surface area (Å²) in [6, 6.07) is 9.62. The Morgan fingerprint density at radius 3 is 2.54 bits per heavy atom. The predicted octanol–water partition coefficient (Wildman–Crippen LogP) is 1.19. The maximum Gasteiger partial charge on any atom is 0.442 e. The van der Waals surface area contributed by atoms with Gasteiger partial charge in [0.25, 0.3) is 0 Å². The van der Waals surface area contributed by atoms with Gasteiger partial charge in [0.05, 0.1) is 4.92 Å². The van der Waals surface area contributed by atoms with Gasteiger partial charge in [0.2, 0.25) is 0 Å². The first-order valence-corrected chi connectivity index (χ1v) is 3.49. The van der Waals surface area contributed by atoms with Crippen molar-refractivity contribution in [2.75, 3.05) is 0 Å². The summed E-state index contributed by atoms with van der Waals surface area (Å²) in [5, 5.41) is 18.5. The Morgan fingerprint density at radius 1 is 1.46 bits per heavy atom. The number of hydrogen-bond acceptors (Lipinski definition) is 4. The fourth-order valence-electron chi connectivity index (χ4n) is 0.744. The van der Waals surface area contributed by atoms with Crippen LogP contribution in [0.4, 0.5) is 0 Å². The van der Waals surface area contributed by atoms with Crippen molar-refractivity contribution in [2.45, 2.75) is 6.23 Å². The van der Waals surface area contributed by atoms with Crippen molar-refractivity contribution in [3.8, 4) is 11.8 Å². The molecule has 0 aromatic heterocycles. The number of nitrogens with zero attached hydrogens (tertiary/aromatic N) is 2. The smallest absolute Gasteiger partial charge is 0.419 e. The van der Waals surface area contributed by atoms with E-state index in [0.29, 0.717) is 5.75 Å². The highest BCUT2D eigenvalue weighted by Gasteiger charge is 2.19. The minimum Gasteiger partial charge on any atom is -0.419 e. The van der Waals surface area contributed by atoms with Crippen LogP contribution in [0.3, 0.4) is 0 Å². The molecule has 0 saturated carbocycles. The van der Waals surface area contributed by atoms with Gasteiger partial charge in [0, 0.05) is 0 Å². The molecule has 0 radical (unpaired) electrons. The summed E-state index contributed by atoms with van der Waals surface area (Å²) in [7, 11) is 0. The number of nitriles is 1. The average Bonchev–Trinajstić information content (AvgIpc) is 2.15. The number of para-hydroxylation sites is 1. The topological polar surface area (TPSA) is 76.2 Å². The zero-order chi connectivity index (χ0) is 9.68. The van der Waals surface area contributed by atoms with Crippen LogP contribution in [0.25, 0.3) is 0 Å². The van der Waals surface area contributed by atoms with E-state index < -0.39 is 11.2 Å². The molecule has 1 unspecified atom stereocenters. The molecule has 0 aliphatic heterocycles. The Balaban J connectivity index is 2.69. The fraction of sp³-hybridized carbons (Fsp3) is 0.125. The van der Waals surface area contributed by atoms with Gasteiger partial charge in [0.15, 0.2) is 6.07 Å². The van der Waals surface area contributed by atoms with Crippen LogP contribution in [0.1, 0.15) is 0 Å². The summed E-state index contributed by atoms with van der Waals surface area (Å²) in [4.78, 5) is 9.41. The highest BCUT2D eigenvalue weighted by Crippen LogP contribution is 2.10. The molecular weight excluding hydrogens is 172 g/mol. The molecule has 1 aromatic carbocycles. The molecule has 0 saturated heterocycles. The Bertz CT molecular complexity index is 331. The second kappa shape index (κ2) is 4.07. The first-order valence-electron chi connectivity index (χ1n) is 3.49. The molecule has 1 aromatic rings. The van der Waals surface area contributed by atoms with Crippen LogP contribution in [-0.4, -0.2) is 11.2 Å². The largest absolute Gasteiger partial charge is 0.442 e. The Labute approximate surface area is 74.3 Å². The van der Waals surface area contributed by atoms with Crippen LogP contribution in [-0.2, 0) is 0 Å². The molecule has 66 valence electrons. The molecule has 13 heavy (non-hydrogen) atoms. The Kier molecular flexibility index (Phi) is 2.82. The average molecular weight is 178 g/mol. The maximum atomic E-state index is 10.2. The zero-order valence-corrected chi connectivity index (χ0v) is 6.58.